The summed E-state index contributed by atoms with van der Waals surface area (Å²) in [5.41, 5.74) is 7.14. The molecule has 3 heteroatoms. The van der Waals surface area contributed by atoms with Crippen LogP contribution in [0.25, 0.3) is 0 Å². The summed E-state index contributed by atoms with van der Waals surface area (Å²) in [6.07, 6.45) is 3.24. The molecule has 1 aliphatic heterocycles. The van der Waals surface area contributed by atoms with E-state index in [1.165, 1.54) is 40.3 Å². The van der Waals surface area contributed by atoms with Crippen LogP contribution in [0.2, 0.25) is 0 Å². The standard InChI is InChI=1S/C22H32N2S/c1-6-21(22(7-2)24-20-12-13-25-15-20)17(4)18(5)23-14-19-10-8-16(3)9-11-19/h8-11,20,23-24H,4-7,12-15H2,1-3H3/b22-21-. The number of thioether (sulfide) groups is 1. The van der Waals surface area contributed by atoms with Crippen molar-refractivity contribution in [2.75, 3.05) is 11.5 Å². The molecule has 2 rings (SSSR count). The fourth-order valence-electron chi connectivity index (χ4n) is 3.11. The van der Waals surface area contributed by atoms with E-state index in [1.807, 2.05) is 11.8 Å². The number of rotatable bonds is 9. The highest BCUT2D eigenvalue weighted by Crippen LogP contribution is 2.25. The molecular formula is C22H32N2S. The van der Waals surface area contributed by atoms with E-state index in [-0.39, 0.29) is 0 Å². The van der Waals surface area contributed by atoms with Crippen LogP contribution in [-0.2, 0) is 6.54 Å². The van der Waals surface area contributed by atoms with Gasteiger partial charge < -0.3 is 10.6 Å². The fourth-order valence-corrected chi connectivity index (χ4v) is 4.26. The highest BCUT2D eigenvalue weighted by Gasteiger charge is 2.18. The van der Waals surface area contributed by atoms with Gasteiger partial charge in [0.1, 0.15) is 0 Å². The van der Waals surface area contributed by atoms with Crippen molar-refractivity contribution in [3.05, 3.63) is 71.1 Å². The van der Waals surface area contributed by atoms with Gasteiger partial charge in [-0.05, 0) is 48.6 Å². The third-order valence-corrected chi connectivity index (χ3v) is 5.90. The van der Waals surface area contributed by atoms with Crippen molar-refractivity contribution in [2.24, 2.45) is 0 Å². The quantitative estimate of drug-likeness (QED) is 0.585. The SMILES string of the molecule is C=C(NCc1ccc(C)cc1)C(=C)/C(CC)=C(/CC)NC1CCSC1. The molecule has 1 fully saturated rings. The molecule has 1 unspecified atom stereocenters. The Morgan fingerprint density at radius 3 is 2.44 bits per heavy atom. The Hall–Kier alpha value is -1.61. The van der Waals surface area contributed by atoms with E-state index in [1.54, 1.807) is 0 Å². The normalized spacial score (nSPS) is 17.8. The van der Waals surface area contributed by atoms with Crippen LogP contribution in [-0.4, -0.2) is 17.5 Å². The molecule has 1 atom stereocenters. The number of hydrogen-bond acceptors (Lipinski definition) is 3. The Balaban J connectivity index is 2.01. The van der Waals surface area contributed by atoms with Crippen molar-refractivity contribution in [1.29, 1.82) is 0 Å². The molecule has 25 heavy (non-hydrogen) atoms. The van der Waals surface area contributed by atoms with Crippen molar-refractivity contribution in [3.8, 4) is 0 Å². The zero-order chi connectivity index (χ0) is 18.2. The van der Waals surface area contributed by atoms with Crippen LogP contribution >= 0.6 is 11.8 Å². The van der Waals surface area contributed by atoms with Gasteiger partial charge in [0, 0.05) is 29.7 Å². The first-order valence-electron chi connectivity index (χ1n) is 9.29. The predicted octanol–water partition coefficient (Wildman–Crippen LogP) is 5.32. The Labute approximate surface area is 157 Å². The van der Waals surface area contributed by atoms with Gasteiger partial charge in [-0.1, -0.05) is 56.8 Å². The summed E-state index contributed by atoms with van der Waals surface area (Å²) >= 11 is 2.04. The maximum absolute atomic E-state index is 4.33. The molecule has 0 aliphatic carbocycles. The lowest BCUT2D eigenvalue weighted by molar-refractivity contribution is 0.605. The van der Waals surface area contributed by atoms with Crippen molar-refractivity contribution >= 4 is 11.8 Å². The lowest BCUT2D eigenvalue weighted by Crippen LogP contribution is -2.29. The van der Waals surface area contributed by atoms with Crippen LogP contribution in [0.15, 0.2) is 60.0 Å². The maximum atomic E-state index is 4.33. The van der Waals surface area contributed by atoms with Crippen molar-refractivity contribution in [1.82, 2.24) is 10.6 Å². The molecule has 0 amide bonds. The van der Waals surface area contributed by atoms with Crippen molar-refractivity contribution in [3.63, 3.8) is 0 Å². The monoisotopic (exact) mass is 356 g/mol. The number of benzene rings is 1. The summed E-state index contributed by atoms with van der Waals surface area (Å²) in [6, 6.07) is 9.20. The summed E-state index contributed by atoms with van der Waals surface area (Å²) in [5, 5.41) is 7.21. The van der Waals surface area contributed by atoms with Crippen LogP contribution < -0.4 is 10.6 Å². The van der Waals surface area contributed by atoms with E-state index in [2.05, 4.69) is 68.8 Å². The lowest BCUT2D eigenvalue weighted by Gasteiger charge is -2.22. The second-order valence-electron chi connectivity index (χ2n) is 6.67. The molecule has 0 spiro atoms. The molecule has 0 aromatic heterocycles. The van der Waals surface area contributed by atoms with Crippen molar-refractivity contribution in [2.45, 2.75) is 52.6 Å². The minimum Gasteiger partial charge on any atom is -0.385 e. The molecule has 1 aromatic rings. The summed E-state index contributed by atoms with van der Waals surface area (Å²) < 4.78 is 0. The minimum atomic E-state index is 0.600. The molecule has 1 saturated heterocycles. The first kappa shape index (κ1) is 19.7. The Morgan fingerprint density at radius 2 is 1.88 bits per heavy atom. The van der Waals surface area contributed by atoms with Crippen LogP contribution in [0, 0.1) is 6.92 Å². The van der Waals surface area contributed by atoms with Gasteiger partial charge in [0.15, 0.2) is 0 Å². The predicted molar refractivity (Wildman–Crippen MR) is 113 cm³/mol. The molecule has 0 saturated carbocycles. The number of allylic oxidation sites excluding steroid dienone is 2. The fraction of sp³-hybridized carbons (Fsp3) is 0.455. The first-order chi connectivity index (χ1) is 12.0. The highest BCUT2D eigenvalue weighted by atomic mass is 32.2. The summed E-state index contributed by atoms with van der Waals surface area (Å²) in [4.78, 5) is 0. The summed E-state index contributed by atoms with van der Waals surface area (Å²) in [5.74, 6) is 2.47. The molecule has 0 radical (unpaired) electrons. The Kier molecular flexibility index (Phi) is 7.70. The largest absolute Gasteiger partial charge is 0.385 e. The lowest BCUT2D eigenvalue weighted by atomic mass is 9.98. The van der Waals surface area contributed by atoms with Gasteiger partial charge in [-0.2, -0.15) is 11.8 Å². The zero-order valence-corrected chi connectivity index (χ0v) is 16.8. The second kappa shape index (κ2) is 9.76. The van der Waals surface area contributed by atoms with Gasteiger partial charge in [-0.3, -0.25) is 0 Å². The average Bonchev–Trinajstić information content (AvgIpc) is 3.13. The second-order valence-corrected chi connectivity index (χ2v) is 7.82. The van der Waals surface area contributed by atoms with E-state index < -0.39 is 0 Å². The van der Waals surface area contributed by atoms with E-state index in [9.17, 15) is 0 Å². The summed E-state index contributed by atoms with van der Waals surface area (Å²) in [7, 11) is 0. The smallest absolute Gasteiger partial charge is 0.0400 e. The van der Waals surface area contributed by atoms with Crippen LogP contribution in [0.3, 0.4) is 0 Å². The Morgan fingerprint density at radius 1 is 1.16 bits per heavy atom. The van der Waals surface area contributed by atoms with E-state index in [4.69, 9.17) is 0 Å². The molecule has 1 heterocycles. The average molecular weight is 357 g/mol. The maximum Gasteiger partial charge on any atom is 0.0400 e. The molecule has 2 nitrogen and oxygen atoms in total. The van der Waals surface area contributed by atoms with Gasteiger partial charge in [0.2, 0.25) is 0 Å². The number of aryl methyl sites for hydroxylation is 1. The minimum absolute atomic E-state index is 0.600. The van der Waals surface area contributed by atoms with Gasteiger partial charge >= 0.3 is 0 Å². The molecule has 0 bridgehead atoms. The Bertz CT molecular complexity index is 622. The van der Waals surface area contributed by atoms with Gasteiger partial charge in [-0.25, -0.2) is 0 Å². The molecular weight excluding hydrogens is 324 g/mol. The third-order valence-electron chi connectivity index (χ3n) is 4.73. The van der Waals surface area contributed by atoms with E-state index in [0.29, 0.717) is 6.04 Å². The van der Waals surface area contributed by atoms with Crippen LogP contribution in [0.5, 0.6) is 0 Å². The van der Waals surface area contributed by atoms with E-state index in [0.717, 1.165) is 30.7 Å². The summed E-state index contributed by atoms with van der Waals surface area (Å²) in [6.45, 7) is 15.9. The van der Waals surface area contributed by atoms with Crippen LogP contribution in [0.1, 0.15) is 44.2 Å². The third kappa shape index (κ3) is 5.71. The molecule has 1 aliphatic rings. The van der Waals surface area contributed by atoms with Crippen molar-refractivity contribution < 1.29 is 0 Å². The van der Waals surface area contributed by atoms with Gasteiger partial charge in [-0.15, -0.1) is 0 Å². The topological polar surface area (TPSA) is 24.1 Å². The number of nitrogens with one attached hydrogen (secondary N) is 2. The van der Waals surface area contributed by atoms with Gasteiger partial charge in [0.25, 0.3) is 0 Å². The highest BCUT2D eigenvalue weighted by molar-refractivity contribution is 7.99. The molecule has 136 valence electrons. The zero-order valence-electron chi connectivity index (χ0n) is 16.0. The molecule has 2 N–H and O–H groups in total. The number of hydrogen-bond donors (Lipinski definition) is 2. The van der Waals surface area contributed by atoms with Gasteiger partial charge in [0.05, 0.1) is 0 Å². The molecule has 1 aromatic carbocycles. The first-order valence-corrected chi connectivity index (χ1v) is 10.4. The van der Waals surface area contributed by atoms with E-state index >= 15 is 0 Å². The van der Waals surface area contributed by atoms with Crippen LogP contribution in [0.4, 0.5) is 0 Å².